The van der Waals surface area contributed by atoms with E-state index in [1.165, 1.54) is 17.4 Å². The third kappa shape index (κ3) is 3.34. The van der Waals surface area contributed by atoms with Gasteiger partial charge in [0.15, 0.2) is 4.96 Å². The SMILES string of the molecule is O=c1c(=Cc2ccc(OCc3c(F)cccc3Cl)cc2)sc2nc3ccccc3n12. The van der Waals surface area contributed by atoms with Crippen molar-refractivity contribution >= 4 is 45.0 Å². The summed E-state index contributed by atoms with van der Waals surface area (Å²) in [4.78, 5) is 18.0. The van der Waals surface area contributed by atoms with Crippen molar-refractivity contribution in [1.29, 1.82) is 0 Å². The Hall–Kier alpha value is -3.22. The summed E-state index contributed by atoms with van der Waals surface area (Å²) in [6.45, 7) is 0.0362. The summed E-state index contributed by atoms with van der Waals surface area (Å²) in [7, 11) is 0. The average molecular weight is 437 g/mol. The number of halogens is 2. The van der Waals surface area contributed by atoms with Crippen molar-refractivity contribution in [2.75, 3.05) is 0 Å². The fourth-order valence-electron chi connectivity index (χ4n) is 3.25. The third-order valence-electron chi connectivity index (χ3n) is 4.77. The molecule has 0 aliphatic rings. The van der Waals surface area contributed by atoms with Gasteiger partial charge in [-0.1, -0.05) is 53.3 Å². The third-order valence-corrected chi connectivity index (χ3v) is 6.09. The highest BCUT2D eigenvalue weighted by Crippen LogP contribution is 2.22. The Morgan fingerprint density at radius 3 is 2.67 bits per heavy atom. The van der Waals surface area contributed by atoms with E-state index >= 15 is 0 Å². The number of thiazole rings is 1. The van der Waals surface area contributed by atoms with Crippen molar-refractivity contribution in [2.24, 2.45) is 0 Å². The second-order valence-electron chi connectivity index (χ2n) is 6.69. The smallest absolute Gasteiger partial charge is 0.274 e. The van der Waals surface area contributed by atoms with Crippen LogP contribution in [-0.2, 0) is 6.61 Å². The van der Waals surface area contributed by atoms with Crippen molar-refractivity contribution in [3.63, 3.8) is 0 Å². The van der Waals surface area contributed by atoms with E-state index in [0.717, 1.165) is 16.6 Å². The molecule has 0 fully saturated rings. The Morgan fingerprint density at radius 1 is 1.07 bits per heavy atom. The van der Waals surface area contributed by atoms with Crippen molar-refractivity contribution in [2.45, 2.75) is 6.61 Å². The molecule has 4 nitrogen and oxygen atoms in total. The minimum absolute atomic E-state index is 0.0362. The summed E-state index contributed by atoms with van der Waals surface area (Å²) in [5.41, 5.74) is 2.71. The number of fused-ring (bicyclic) bond motifs is 3. The maximum atomic E-state index is 13.9. The number of benzene rings is 3. The Bertz CT molecular complexity index is 1470. The lowest BCUT2D eigenvalue weighted by Gasteiger charge is -2.08. The van der Waals surface area contributed by atoms with Gasteiger partial charge in [0.2, 0.25) is 0 Å². The molecule has 0 amide bonds. The Balaban J connectivity index is 1.41. The fraction of sp³-hybridized carbons (Fsp3) is 0.0435. The van der Waals surface area contributed by atoms with Crippen LogP contribution in [0.4, 0.5) is 4.39 Å². The minimum atomic E-state index is -0.398. The van der Waals surface area contributed by atoms with Crippen LogP contribution in [0, 0.1) is 5.82 Å². The second kappa shape index (κ2) is 7.55. The Labute approximate surface area is 179 Å². The van der Waals surface area contributed by atoms with E-state index in [1.807, 2.05) is 42.5 Å². The number of rotatable bonds is 4. The van der Waals surface area contributed by atoms with Gasteiger partial charge in [0, 0.05) is 5.56 Å². The molecule has 0 N–H and O–H groups in total. The van der Waals surface area contributed by atoms with Crippen LogP contribution in [0.25, 0.3) is 22.1 Å². The van der Waals surface area contributed by atoms with E-state index in [2.05, 4.69) is 4.98 Å². The summed E-state index contributed by atoms with van der Waals surface area (Å²) in [5.74, 6) is 0.187. The lowest BCUT2D eigenvalue weighted by atomic mass is 10.2. The van der Waals surface area contributed by atoms with Crippen molar-refractivity contribution in [3.05, 3.63) is 104 Å². The Kier molecular flexibility index (Phi) is 4.73. The van der Waals surface area contributed by atoms with Gasteiger partial charge in [-0.3, -0.25) is 4.79 Å². The van der Waals surface area contributed by atoms with Crippen LogP contribution < -0.4 is 14.8 Å². The zero-order valence-electron chi connectivity index (χ0n) is 15.5. The van der Waals surface area contributed by atoms with Crippen molar-refractivity contribution in [3.8, 4) is 5.75 Å². The summed E-state index contributed by atoms with van der Waals surface area (Å²) >= 11 is 7.38. The summed E-state index contributed by atoms with van der Waals surface area (Å²) in [6, 6.07) is 19.4. The van der Waals surface area contributed by atoms with E-state index in [1.54, 1.807) is 28.7 Å². The zero-order chi connectivity index (χ0) is 20.7. The number of aromatic nitrogens is 2. The second-order valence-corrected chi connectivity index (χ2v) is 8.11. The summed E-state index contributed by atoms with van der Waals surface area (Å²) < 4.78 is 21.8. The molecule has 0 saturated carbocycles. The highest BCUT2D eigenvalue weighted by Gasteiger charge is 2.11. The van der Waals surface area contributed by atoms with Gasteiger partial charge in [0.1, 0.15) is 18.2 Å². The Morgan fingerprint density at radius 2 is 1.87 bits per heavy atom. The molecule has 2 aromatic heterocycles. The first-order chi connectivity index (χ1) is 14.6. The topological polar surface area (TPSA) is 43.6 Å². The molecular weight excluding hydrogens is 423 g/mol. The number of imidazole rings is 1. The first-order valence-electron chi connectivity index (χ1n) is 9.17. The summed E-state index contributed by atoms with van der Waals surface area (Å²) in [5, 5.41) is 0.332. The fourth-order valence-corrected chi connectivity index (χ4v) is 4.45. The highest BCUT2D eigenvalue weighted by molar-refractivity contribution is 7.15. The van der Waals surface area contributed by atoms with Gasteiger partial charge in [0.05, 0.1) is 20.6 Å². The molecular formula is C23H14ClFN2O2S. The van der Waals surface area contributed by atoms with Gasteiger partial charge in [-0.05, 0) is 48.0 Å². The van der Waals surface area contributed by atoms with E-state index in [9.17, 15) is 9.18 Å². The lowest BCUT2D eigenvalue weighted by molar-refractivity contribution is 0.300. The van der Waals surface area contributed by atoms with Crippen LogP contribution in [0.15, 0.2) is 71.5 Å². The molecule has 0 aliphatic heterocycles. The minimum Gasteiger partial charge on any atom is -0.489 e. The average Bonchev–Trinajstić information content (AvgIpc) is 3.25. The number of hydrogen-bond acceptors (Lipinski definition) is 4. The zero-order valence-corrected chi connectivity index (χ0v) is 17.1. The molecule has 0 bridgehead atoms. The number of nitrogens with zero attached hydrogens (tertiary/aromatic N) is 2. The molecule has 148 valence electrons. The number of ether oxygens (including phenoxy) is 1. The normalized spacial score (nSPS) is 12.1. The highest BCUT2D eigenvalue weighted by atomic mass is 35.5. The quantitative estimate of drug-likeness (QED) is 0.405. The number of para-hydroxylation sites is 2. The van der Waals surface area contributed by atoms with Gasteiger partial charge in [-0.2, -0.15) is 0 Å². The standard InChI is InChI=1S/C23H14ClFN2O2S/c24-17-4-3-5-18(25)16(17)13-29-15-10-8-14(9-11-15)12-21-22(28)27-20-7-2-1-6-19(20)26-23(27)30-21/h1-12H,13H2. The van der Waals surface area contributed by atoms with Gasteiger partial charge in [-0.15, -0.1) is 0 Å². The molecule has 0 radical (unpaired) electrons. The maximum Gasteiger partial charge on any atom is 0.274 e. The van der Waals surface area contributed by atoms with Crippen LogP contribution in [0.2, 0.25) is 5.02 Å². The van der Waals surface area contributed by atoms with E-state index < -0.39 is 5.82 Å². The molecule has 0 spiro atoms. The molecule has 2 heterocycles. The van der Waals surface area contributed by atoms with Gasteiger partial charge >= 0.3 is 0 Å². The molecule has 3 aromatic carbocycles. The number of hydrogen-bond donors (Lipinski definition) is 0. The summed E-state index contributed by atoms with van der Waals surface area (Å²) in [6.07, 6.45) is 1.83. The van der Waals surface area contributed by atoms with Crippen molar-refractivity contribution < 1.29 is 9.13 Å². The monoisotopic (exact) mass is 436 g/mol. The molecule has 5 rings (SSSR count). The maximum absolute atomic E-state index is 13.9. The molecule has 0 atom stereocenters. The molecule has 30 heavy (non-hydrogen) atoms. The van der Waals surface area contributed by atoms with Gasteiger partial charge < -0.3 is 4.74 Å². The van der Waals surface area contributed by atoms with Crippen LogP contribution in [0.3, 0.4) is 0 Å². The van der Waals surface area contributed by atoms with Crippen LogP contribution in [-0.4, -0.2) is 9.38 Å². The lowest BCUT2D eigenvalue weighted by Crippen LogP contribution is -2.22. The largest absolute Gasteiger partial charge is 0.489 e. The first kappa shape index (κ1) is 18.8. The molecule has 0 saturated heterocycles. The van der Waals surface area contributed by atoms with E-state index in [0.29, 0.717) is 25.8 Å². The van der Waals surface area contributed by atoms with Crippen LogP contribution in [0.5, 0.6) is 5.75 Å². The predicted octanol–water partition coefficient (Wildman–Crippen LogP) is 4.83. The van der Waals surface area contributed by atoms with E-state index in [4.69, 9.17) is 16.3 Å². The van der Waals surface area contributed by atoms with Crippen LogP contribution in [0.1, 0.15) is 11.1 Å². The van der Waals surface area contributed by atoms with Crippen LogP contribution >= 0.6 is 22.9 Å². The molecule has 7 heteroatoms. The first-order valence-corrected chi connectivity index (χ1v) is 10.4. The molecule has 0 unspecified atom stereocenters. The van der Waals surface area contributed by atoms with Gasteiger partial charge in [0.25, 0.3) is 5.56 Å². The van der Waals surface area contributed by atoms with E-state index in [-0.39, 0.29) is 12.2 Å². The van der Waals surface area contributed by atoms with Gasteiger partial charge in [-0.25, -0.2) is 13.8 Å². The molecule has 5 aromatic rings. The molecule has 0 aliphatic carbocycles. The predicted molar refractivity (Wildman–Crippen MR) is 118 cm³/mol. The van der Waals surface area contributed by atoms with Crippen molar-refractivity contribution in [1.82, 2.24) is 9.38 Å².